The van der Waals surface area contributed by atoms with Crippen LogP contribution in [0, 0.1) is 0 Å². The summed E-state index contributed by atoms with van der Waals surface area (Å²) in [5.74, 6) is -0.0709. The topological polar surface area (TPSA) is 58.0 Å². The first-order valence-corrected chi connectivity index (χ1v) is 4.25. The molecule has 2 aromatic rings. The third kappa shape index (κ3) is 0.947. The fourth-order valence-corrected chi connectivity index (χ4v) is 1.61. The third-order valence-electron chi connectivity index (χ3n) is 1.52. The van der Waals surface area contributed by atoms with E-state index in [1.807, 2.05) is 5.38 Å². The summed E-state index contributed by atoms with van der Waals surface area (Å²) >= 11 is 1.47. The van der Waals surface area contributed by atoms with Gasteiger partial charge in [-0.1, -0.05) is 0 Å². The summed E-state index contributed by atoms with van der Waals surface area (Å²) in [4.78, 5) is 13.5. The number of imidazole rings is 1. The van der Waals surface area contributed by atoms with Gasteiger partial charge >= 0.3 is 5.69 Å². The highest BCUT2D eigenvalue weighted by molar-refractivity contribution is 7.08. The minimum Gasteiger partial charge on any atom is -0.493 e. The normalized spacial score (nSPS) is 10.3. The SMILES string of the molecule is O=c1[nH]cc(O)n1-c1ccsc1. The lowest BCUT2D eigenvalue weighted by Gasteiger charge is -1.96. The van der Waals surface area contributed by atoms with Crippen LogP contribution in [-0.4, -0.2) is 14.7 Å². The maximum Gasteiger partial charge on any atom is 0.333 e. The Morgan fingerprint density at radius 1 is 1.58 bits per heavy atom. The minimum absolute atomic E-state index is 0.0709. The number of thiophene rings is 1. The number of nitrogens with zero attached hydrogens (tertiary/aromatic N) is 1. The molecule has 0 spiro atoms. The summed E-state index contributed by atoms with van der Waals surface area (Å²) in [5.41, 5.74) is 0.356. The molecule has 2 rings (SSSR count). The lowest BCUT2D eigenvalue weighted by atomic mass is 10.5. The summed E-state index contributed by atoms with van der Waals surface area (Å²) in [6.45, 7) is 0. The van der Waals surface area contributed by atoms with Crippen molar-refractivity contribution in [2.24, 2.45) is 0 Å². The van der Waals surface area contributed by atoms with Gasteiger partial charge in [0.1, 0.15) is 0 Å². The second kappa shape index (κ2) is 2.53. The fourth-order valence-electron chi connectivity index (χ4n) is 0.993. The van der Waals surface area contributed by atoms with Crippen LogP contribution in [0.1, 0.15) is 0 Å². The van der Waals surface area contributed by atoms with Gasteiger partial charge in [-0.15, -0.1) is 0 Å². The van der Waals surface area contributed by atoms with Gasteiger partial charge in [0.15, 0.2) is 0 Å². The molecular formula is C7H6N2O2S. The monoisotopic (exact) mass is 182 g/mol. The lowest BCUT2D eigenvalue weighted by molar-refractivity contribution is 0.441. The highest BCUT2D eigenvalue weighted by Gasteiger charge is 2.05. The van der Waals surface area contributed by atoms with Gasteiger partial charge in [-0.05, 0) is 11.4 Å². The zero-order chi connectivity index (χ0) is 8.55. The molecule has 12 heavy (non-hydrogen) atoms. The minimum atomic E-state index is -0.328. The van der Waals surface area contributed by atoms with Crippen LogP contribution in [0.4, 0.5) is 0 Å². The van der Waals surface area contributed by atoms with Crippen LogP contribution in [0.3, 0.4) is 0 Å². The molecule has 0 saturated heterocycles. The van der Waals surface area contributed by atoms with E-state index in [-0.39, 0.29) is 11.6 Å². The van der Waals surface area contributed by atoms with Crippen molar-refractivity contribution in [1.82, 2.24) is 9.55 Å². The van der Waals surface area contributed by atoms with Gasteiger partial charge in [0.25, 0.3) is 0 Å². The fraction of sp³-hybridized carbons (Fsp3) is 0. The molecule has 0 saturated carbocycles. The molecule has 62 valence electrons. The maximum atomic E-state index is 11.1. The summed E-state index contributed by atoms with van der Waals surface area (Å²) in [5, 5.41) is 12.9. The average molecular weight is 182 g/mol. The van der Waals surface area contributed by atoms with E-state index < -0.39 is 0 Å². The summed E-state index contributed by atoms with van der Waals surface area (Å²) in [6, 6.07) is 1.76. The van der Waals surface area contributed by atoms with Crippen molar-refractivity contribution in [3.8, 4) is 11.6 Å². The predicted octanol–water partition coefficient (Wildman–Crippen LogP) is 0.933. The van der Waals surface area contributed by atoms with E-state index in [9.17, 15) is 9.90 Å². The summed E-state index contributed by atoms with van der Waals surface area (Å²) < 4.78 is 1.20. The first kappa shape index (κ1) is 7.17. The second-order valence-corrected chi connectivity index (χ2v) is 3.05. The molecule has 0 aliphatic rings. The van der Waals surface area contributed by atoms with Crippen LogP contribution in [-0.2, 0) is 0 Å². The Hall–Kier alpha value is -1.49. The Kier molecular flexibility index (Phi) is 1.51. The smallest absolute Gasteiger partial charge is 0.333 e. The third-order valence-corrected chi connectivity index (χ3v) is 2.19. The zero-order valence-corrected chi connectivity index (χ0v) is 6.84. The zero-order valence-electron chi connectivity index (χ0n) is 6.02. The summed E-state index contributed by atoms with van der Waals surface area (Å²) in [7, 11) is 0. The molecular weight excluding hydrogens is 176 g/mol. The van der Waals surface area contributed by atoms with Crippen LogP contribution in [0.2, 0.25) is 0 Å². The molecule has 0 aromatic carbocycles. The van der Waals surface area contributed by atoms with Crippen molar-refractivity contribution in [3.63, 3.8) is 0 Å². The molecule has 0 aliphatic heterocycles. The molecule has 0 atom stereocenters. The number of hydrogen-bond acceptors (Lipinski definition) is 3. The molecule has 5 heteroatoms. The van der Waals surface area contributed by atoms with Crippen LogP contribution < -0.4 is 5.69 Å². The van der Waals surface area contributed by atoms with Crippen LogP contribution >= 0.6 is 11.3 Å². The van der Waals surface area contributed by atoms with Crippen molar-refractivity contribution in [1.29, 1.82) is 0 Å². The first-order valence-electron chi connectivity index (χ1n) is 3.31. The van der Waals surface area contributed by atoms with Crippen molar-refractivity contribution in [2.45, 2.75) is 0 Å². The first-order chi connectivity index (χ1) is 5.79. The standard InChI is InChI=1S/C7H6N2O2S/c10-6-3-8-7(11)9(6)5-1-2-12-4-5/h1-4,10H,(H,8,11). The van der Waals surface area contributed by atoms with Crippen LogP contribution in [0.15, 0.2) is 27.8 Å². The molecule has 4 nitrogen and oxygen atoms in total. The highest BCUT2D eigenvalue weighted by atomic mass is 32.1. The van der Waals surface area contributed by atoms with E-state index in [1.165, 1.54) is 22.1 Å². The molecule has 0 aliphatic carbocycles. The van der Waals surface area contributed by atoms with E-state index in [4.69, 9.17) is 0 Å². The quantitative estimate of drug-likeness (QED) is 0.689. The molecule has 0 fully saturated rings. The van der Waals surface area contributed by atoms with E-state index in [1.54, 1.807) is 11.4 Å². The van der Waals surface area contributed by atoms with Gasteiger partial charge in [0, 0.05) is 5.38 Å². The van der Waals surface area contributed by atoms with Crippen molar-refractivity contribution < 1.29 is 5.11 Å². The largest absolute Gasteiger partial charge is 0.493 e. The Morgan fingerprint density at radius 2 is 2.42 bits per heavy atom. The second-order valence-electron chi connectivity index (χ2n) is 2.27. The van der Waals surface area contributed by atoms with E-state index >= 15 is 0 Å². The number of aromatic hydroxyl groups is 1. The molecule has 2 heterocycles. The van der Waals surface area contributed by atoms with Crippen molar-refractivity contribution in [3.05, 3.63) is 33.5 Å². The molecule has 0 radical (unpaired) electrons. The van der Waals surface area contributed by atoms with Crippen molar-refractivity contribution >= 4 is 11.3 Å². The number of aromatic amines is 1. The molecule has 0 bridgehead atoms. The Bertz CT molecular complexity index is 426. The average Bonchev–Trinajstić information content (AvgIpc) is 2.61. The lowest BCUT2D eigenvalue weighted by Crippen LogP contribution is -2.13. The number of hydrogen-bond donors (Lipinski definition) is 2. The van der Waals surface area contributed by atoms with Gasteiger partial charge in [0.2, 0.25) is 5.88 Å². The molecule has 2 aromatic heterocycles. The van der Waals surface area contributed by atoms with Crippen LogP contribution in [0.5, 0.6) is 5.88 Å². The Morgan fingerprint density at radius 3 is 2.92 bits per heavy atom. The number of H-pyrrole nitrogens is 1. The number of nitrogens with one attached hydrogen (secondary N) is 1. The number of aromatic nitrogens is 2. The maximum absolute atomic E-state index is 11.1. The molecule has 0 amide bonds. The van der Waals surface area contributed by atoms with Gasteiger partial charge in [-0.25, -0.2) is 9.36 Å². The van der Waals surface area contributed by atoms with Crippen molar-refractivity contribution in [2.75, 3.05) is 0 Å². The summed E-state index contributed by atoms with van der Waals surface area (Å²) in [6.07, 6.45) is 1.26. The van der Waals surface area contributed by atoms with Gasteiger partial charge in [-0.3, -0.25) is 0 Å². The van der Waals surface area contributed by atoms with Gasteiger partial charge in [0.05, 0.1) is 11.9 Å². The Balaban J connectivity index is 2.68. The Labute approximate surface area is 71.7 Å². The van der Waals surface area contributed by atoms with Gasteiger partial charge < -0.3 is 10.1 Å². The predicted molar refractivity (Wildman–Crippen MR) is 45.9 cm³/mol. The molecule has 2 N–H and O–H groups in total. The highest BCUT2D eigenvalue weighted by Crippen LogP contribution is 2.15. The number of rotatable bonds is 1. The van der Waals surface area contributed by atoms with Crippen LogP contribution in [0.25, 0.3) is 5.69 Å². The van der Waals surface area contributed by atoms with Gasteiger partial charge in [-0.2, -0.15) is 11.3 Å². The van der Waals surface area contributed by atoms with E-state index in [2.05, 4.69) is 4.98 Å². The van der Waals surface area contributed by atoms with E-state index in [0.717, 1.165) is 0 Å². The van der Waals surface area contributed by atoms with E-state index in [0.29, 0.717) is 5.69 Å². The molecule has 0 unspecified atom stereocenters.